The highest BCUT2D eigenvalue weighted by Gasteiger charge is 2.51. The number of hydrogen-bond donors (Lipinski definition) is 1. The molecule has 11 heteroatoms. The second-order valence-electron chi connectivity index (χ2n) is 16.7. The van der Waals surface area contributed by atoms with Gasteiger partial charge in [0, 0.05) is 69.9 Å². The van der Waals surface area contributed by atoms with Crippen LogP contribution in [0.2, 0.25) is 0 Å². The molecule has 6 rings (SSSR count). The summed E-state index contributed by atoms with van der Waals surface area (Å²) in [5.41, 5.74) is 2.55. The Morgan fingerprint density at radius 1 is 0.737 bits per heavy atom. The van der Waals surface area contributed by atoms with Crippen LogP contribution in [0.4, 0.5) is 8.78 Å². The minimum Gasteiger partial charge on any atom is -0.493 e. The van der Waals surface area contributed by atoms with Crippen molar-refractivity contribution in [3.63, 3.8) is 0 Å². The number of ether oxygens (including phenoxy) is 5. The molecule has 2 fully saturated rings. The van der Waals surface area contributed by atoms with Gasteiger partial charge in [0.25, 0.3) is 0 Å². The quantitative estimate of drug-likeness (QED) is 0.208. The Balaban J connectivity index is 0.000000219. The van der Waals surface area contributed by atoms with Crippen molar-refractivity contribution in [1.29, 1.82) is 0 Å². The molecule has 0 saturated carbocycles. The fraction of sp³-hybridized carbons (Fsp3) is 0.630. The van der Waals surface area contributed by atoms with E-state index in [2.05, 4.69) is 61.2 Å². The van der Waals surface area contributed by atoms with Gasteiger partial charge in [-0.3, -0.25) is 14.6 Å². The van der Waals surface area contributed by atoms with Gasteiger partial charge in [0.1, 0.15) is 19.0 Å². The molecule has 0 aromatic heterocycles. The highest BCUT2D eigenvalue weighted by molar-refractivity contribution is 5.67. The van der Waals surface area contributed by atoms with Crippen molar-refractivity contribution < 1.29 is 42.4 Å². The Labute approximate surface area is 338 Å². The number of esters is 1. The molecule has 6 atom stereocenters. The SMILES string of the molecule is COc1cc2c(cc1OC)[C@H]1C[C@@](C#CC[19F])(OC(C)=O)[C@H](CC(C)C)CN1CC2.COc1cc2c(cc1OC)[C@H]1C[C@](O)(C#CC[19F])[C@H](CC(C)C)CN1CC2. The summed E-state index contributed by atoms with van der Waals surface area (Å²) in [6.45, 7) is 11.9. The maximum Gasteiger partial charge on any atom is 0.304 e. The summed E-state index contributed by atoms with van der Waals surface area (Å²) in [6, 6.07) is 8.19. The topological polar surface area (TPSA) is 89.9 Å². The van der Waals surface area contributed by atoms with Gasteiger partial charge in [-0.2, -0.15) is 0 Å². The zero-order valence-electron chi connectivity index (χ0n) is 35.3. The van der Waals surface area contributed by atoms with Gasteiger partial charge in [0.2, 0.25) is 0 Å². The third-order valence-electron chi connectivity index (χ3n) is 12.0. The minimum absolute atomic E-state index is 0.0187. The van der Waals surface area contributed by atoms with Crippen LogP contribution in [0.3, 0.4) is 0 Å². The molecule has 4 aliphatic rings. The van der Waals surface area contributed by atoms with Gasteiger partial charge in [-0.1, -0.05) is 51.4 Å². The average Bonchev–Trinajstić information content (AvgIpc) is 3.18. The molecule has 0 radical (unpaired) electrons. The van der Waals surface area contributed by atoms with Gasteiger partial charge >= 0.3 is 5.97 Å². The molecular formula is C46H62F2N2O7. The minimum atomic E-state index is -1.17. The maximum atomic E-state index is 13.0. The number of rotatable bonds is 9. The molecule has 0 unspecified atom stereocenters. The van der Waals surface area contributed by atoms with Crippen LogP contribution in [-0.2, 0) is 22.4 Å². The molecule has 312 valence electrons. The van der Waals surface area contributed by atoms with E-state index in [-0.39, 0.29) is 29.9 Å². The Hall–Kier alpha value is -4.03. The zero-order chi connectivity index (χ0) is 41.5. The van der Waals surface area contributed by atoms with E-state index in [1.54, 1.807) is 28.4 Å². The van der Waals surface area contributed by atoms with Crippen LogP contribution in [0.15, 0.2) is 24.3 Å². The summed E-state index contributed by atoms with van der Waals surface area (Å²) in [4.78, 5) is 16.9. The van der Waals surface area contributed by atoms with Crippen molar-refractivity contribution in [2.24, 2.45) is 23.7 Å². The Kier molecular flexibility index (Phi) is 14.8. The first-order chi connectivity index (χ1) is 27.2. The van der Waals surface area contributed by atoms with Crippen molar-refractivity contribution >= 4 is 5.97 Å². The predicted octanol–water partition coefficient (Wildman–Crippen LogP) is 7.32. The molecule has 2 aromatic carbocycles. The van der Waals surface area contributed by atoms with Gasteiger partial charge in [-0.25, -0.2) is 8.78 Å². The van der Waals surface area contributed by atoms with E-state index >= 15 is 0 Å². The van der Waals surface area contributed by atoms with Crippen molar-refractivity contribution in [3.8, 4) is 46.7 Å². The molecular weight excluding hydrogens is 731 g/mol. The normalized spacial score (nSPS) is 26.4. The number of alkyl halides is 2. The van der Waals surface area contributed by atoms with Gasteiger partial charge in [-0.05, 0) is 84.0 Å². The van der Waals surface area contributed by atoms with Crippen molar-refractivity contribution in [2.45, 2.75) is 96.4 Å². The third-order valence-corrected chi connectivity index (χ3v) is 12.0. The van der Waals surface area contributed by atoms with Crippen molar-refractivity contribution in [2.75, 3.05) is 68.0 Å². The highest BCUT2D eigenvalue weighted by atomic mass is 19.1. The van der Waals surface area contributed by atoms with Gasteiger partial charge in [0.05, 0.1) is 28.4 Å². The number of carbonyl (C=O) groups is 1. The molecule has 0 amide bonds. The Morgan fingerprint density at radius 2 is 1.18 bits per heavy atom. The molecule has 4 heterocycles. The van der Waals surface area contributed by atoms with Crippen molar-refractivity contribution in [3.05, 3.63) is 46.5 Å². The van der Waals surface area contributed by atoms with Crippen molar-refractivity contribution in [1.82, 2.24) is 9.80 Å². The number of halogens is 2. The molecule has 1 N–H and O–H groups in total. The summed E-state index contributed by atoms with van der Waals surface area (Å²) in [5.74, 6) is 14.3. The van der Waals surface area contributed by atoms with Gasteiger partial charge < -0.3 is 28.8 Å². The lowest BCUT2D eigenvalue weighted by Crippen LogP contribution is -2.56. The van der Waals surface area contributed by atoms with Crippen LogP contribution in [0.5, 0.6) is 23.0 Å². The number of carbonyl (C=O) groups excluding carboxylic acids is 1. The molecule has 2 aromatic rings. The molecule has 2 saturated heterocycles. The lowest BCUT2D eigenvalue weighted by molar-refractivity contribution is -0.165. The maximum absolute atomic E-state index is 13.0. The van der Waals surface area contributed by atoms with Crippen LogP contribution in [0.25, 0.3) is 0 Å². The highest BCUT2D eigenvalue weighted by Crippen LogP contribution is 2.49. The number of fused-ring (bicyclic) bond motifs is 6. The number of piperidine rings is 2. The standard InChI is InChI=1S/C24H32FNO4.C22H30FNO3/c1-16(2)11-19-15-26-10-7-18-12-22(28-4)23(29-5)13-20(18)21(26)14-24(19,8-6-9-25)30-17(3)27;1-15(2)10-17-14-24-9-6-16-11-20(26-3)21(27-4)12-18(16)19(24)13-22(17,25)7-5-8-23/h12-13,16,19,21H,7,9-11,14-15H2,1-5H3;11-12,15,17,19,25H,6,8-10,13-14H2,1-4H3/t19-,21-,24-;17-,19-,22-/m11/s1/i25+0;23+0. The monoisotopic (exact) mass is 792 g/mol. The van der Waals surface area contributed by atoms with E-state index in [9.17, 15) is 18.7 Å². The number of benzene rings is 2. The van der Waals surface area contributed by atoms with E-state index in [1.165, 1.54) is 18.1 Å². The number of aliphatic hydroxyl groups is 1. The number of nitrogens with zero attached hydrogens (tertiary/aromatic N) is 2. The summed E-state index contributed by atoms with van der Waals surface area (Å²) in [5, 5.41) is 11.4. The molecule has 57 heavy (non-hydrogen) atoms. The van der Waals surface area contributed by atoms with Crippen LogP contribution in [0, 0.1) is 47.4 Å². The number of methoxy groups -OCH3 is 4. The first kappa shape index (κ1) is 44.1. The Bertz CT molecular complexity index is 1850. The molecule has 0 bridgehead atoms. The molecule has 9 nitrogen and oxygen atoms in total. The lowest BCUT2D eigenvalue weighted by atomic mass is 9.71. The van der Waals surface area contributed by atoms with Crippen LogP contribution in [-0.4, -0.2) is 100 Å². The Morgan fingerprint density at radius 3 is 1.63 bits per heavy atom. The third kappa shape index (κ3) is 9.82. The van der Waals surface area contributed by atoms with Gasteiger partial charge in [0.15, 0.2) is 28.6 Å². The second kappa shape index (κ2) is 19.1. The number of hydrogen-bond acceptors (Lipinski definition) is 9. The van der Waals surface area contributed by atoms with E-state index < -0.39 is 24.6 Å². The fourth-order valence-corrected chi connectivity index (χ4v) is 9.61. The first-order valence-electron chi connectivity index (χ1n) is 20.3. The van der Waals surface area contributed by atoms with E-state index in [1.807, 2.05) is 24.3 Å². The molecule has 0 spiro atoms. The van der Waals surface area contributed by atoms with E-state index in [0.717, 1.165) is 68.7 Å². The largest absolute Gasteiger partial charge is 0.493 e. The van der Waals surface area contributed by atoms with Crippen LogP contribution < -0.4 is 18.9 Å². The van der Waals surface area contributed by atoms with Crippen LogP contribution in [0.1, 0.15) is 94.6 Å². The van der Waals surface area contributed by atoms with E-state index in [4.69, 9.17) is 23.7 Å². The summed E-state index contributed by atoms with van der Waals surface area (Å²) in [7, 11) is 6.53. The smallest absolute Gasteiger partial charge is 0.304 e. The molecule has 0 aliphatic carbocycles. The summed E-state index contributed by atoms with van der Waals surface area (Å²) < 4.78 is 53.6. The zero-order valence-corrected chi connectivity index (χ0v) is 35.3. The second-order valence-corrected chi connectivity index (χ2v) is 16.7. The van der Waals surface area contributed by atoms with Crippen LogP contribution >= 0.6 is 0 Å². The van der Waals surface area contributed by atoms with Gasteiger partial charge in [-0.15, -0.1) is 0 Å². The first-order valence-corrected chi connectivity index (χ1v) is 20.3. The fourth-order valence-electron chi connectivity index (χ4n) is 9.61. The predicted molar refractivity (Wildman–Crippen MR) is 217 cm³/mol. The van der Waals surface area contributed by atoms with E-state index in [0.29, 0.717) is 41.9 Å². The summed E-state index contributed by atoms with van der Waals surface area (Å²) >= 11 is 0. The molecule has 4 aliphatic heterocycles. The summed E-state index contributed by atoms with van der Waals surface area (Å²) in [6.07, 6.45) is 4.58. The lowest BCUT2D eigenvalue weighted by Gasteiger charge is -2.51. The average molecular weight is 793 g/mol.